The van der Waals surface area contributed by atoms with E-state index >= 15 is 0 Å². The lowest BCUT2D eigenvalue weighted by atomic mass is 9.92. The van der Waals surface area contributed by atoms with Gasteiger partial charge in [0.2, 0.25) is 17.7 Å². The Labute approximate surface area is 194 Å². The van der Waals surface area contributed by atoms with Gasteiger partial charge in [0.25, 0.3) is 0 Å². The van der Waals surface area contributed by atoms with E-state index in [0.29, 0.717) is 18.7 Å². The average Bonchev–Trinajstić information content (AvgIpc) is 3.41. The molecule has 33 heavy (non-hydrogen) atoms. The molecule has 2 aliphatic heterocycles. The quantitative estimate of drug-likeness (QED) is 0.657. The molecule has 0 aliphatic carbocycles. The molecule has 0 aromatic heterocycles. The Bertz CT molecular complexity index is 1000. The lowest BCUT2D eigenvalue weighted by Crippen LogP contribution is -2.33. The molecule has 174 valence electrons. The summed E-state index contributed by atoms with van der Waals surface area (Å²) in [5.74, 6) is 0.217. The van der Waals surface area contributed by atoms with Crippen LogP contribution in [0.5, 0.6) is 5.75 Å². The first-order valence-electron chi connectivity index (χ1n) is 11.7. The first-order chi connectivity index (χ1) is 16.0. The Hall–Kier alpha value is -3.35. The maximum atomic E-state index is 13.3. The van der Waals surface area contributed by atoms with Crippen LogP contribution in [-0.2, 0) is 14.4 Å². The number of benzene rings is 2. The minimum atomic E-state index is -0.484. The first-order valence-corrected chi connectivity index (χ1v) is 11.7. The zero-order valence-corrected chi connectivity index (χ0v) is 19.3. The predicted octanol–water partition coefficient (Wildman–Crippen LogP) is 4.15. The molecule has 2 aliphatic rings. The fourth-order valence-electron chi connectivity index (χ4n) is 4.71. The molecule has 2 fully saturated rings. The van der Waals surface area contributed by atoms with Gasteiger partial charge in [0, 0.05) is 37.3 Å². The second-order valence-corrected chi connectivity index (χ2v) is 8.65. The van der Waals surface area contributed by atoms with Crippen LogP contribution in [0.1, 0.15) is 50.6 Å². The molecule has 2 saturated heterocycles. The number of rotatable bonds is 8. The van der Waals surface area contributed by atoms with Gasteiger partial charge in [-0.2, -0.15) is 0 Å². The van der Waals surface area contributed by atoms with Gasteiger partial charge in [0.05, 0.1) is 19.1 Å². The van der Waals surface area contributed by atoms with E-state index in [2.05, 4.69) is 12.2 Å². The number of methoxy groups -OCH3 is 1. The van der Waals surface area contributed by atoms with Crippen molar-refractivity contribution < 1.29 is 19.1 Å². The highest BCUT2D eigenvalue weighted by atomic mass is 16.5. The number of amides is 3. The van der Waals surface area contributed by atoms with Crippen LogP contribution in [0, 0.1) is 5.92 Å². The molecule has 0 unspecified atom stereocenters. The van der Waals surface area contributed by atoms with Crippen molar-refractivity contribution in [3.05, 3.63) is 54.1 Å². The summed E-state index contributed by atoms with van der Waals surface area (Å²) in [6, 6.07) is 14.6. The number of nitrogens with one attached hydrogen (secondary N) is 1. The van der Waals surface area contributed by atoms with Crippen LogP contribution in [0.3, 0.4) is 0 Å². The Kier molecular flexibility index (Phi) is 6.96. The topological polar surface area (TPSA) is 79.0 Å². The third-order valence-electron chi connectivity index (χ3n) is 6.50. The molecule has 0 spiro atoms. The van der Waals surface area contributed by atoms with E-state index < -0.39 is 5.92 Å². The Morgan fingerprint density at radius 2 is 1.79 bits per heavy atom. The van der Waals surface area contributed by atoms with Gasteiger partial charge >= 0.3 is 0 Å². The van der Waals surface area contributed by atoms with Gasteiger partial charge in [-0.25, -0.2) is 0 Å². The number of carbonyl (C=O) groups excluding carboxylic acids is 3. The Morgan fingerprint density at radius 3 is 2.39 bits per heavy atom. The van der Waals surface area contributed by atoms with Gasteiger partial charge in [-0.1, -0.05) is 25.5 Å². The van der Waals surface area contributed by atoms with E-state index in [1.807, 2.05) is 53.4 Å². The van der Waals surface area contributed by atoms with Crippen molar-refractivity contribution in [3.8, 4) is 5.75 Å². The lowest BCUT2D eigenvalue weighted by Gasteiger charge is -2.28. The molecule has 3 amide bonds. The van der Waals surface area contributed by atoms with Crippen LogP contribution in [0.15, 0.2) is 48.5 Å². The maximum absolute atomic E-state index is 13.3. The zero-order valence-electron chi connectivity index (χ0n) is 19.3. The third kappa shape index (κ3) is 4.87. The van der Waals surface area contributed by atoms with Gasteiger partial charge in [0.1, 0.15) is 5.75 Å². The highest BCUT2D eigenvalue weighted by molar-refractivity contribution is 5.99. The molecule has 7 heteroatoms. The highest BCUT2D eigenvalue weighted by Crippen LogP contribution is 2.39. The summed E-state index contributed by atoms with van der Waals surface area (Å²) in [5, 5.41) is 2.99. The van der Waals surface area contributed by atoms with Crippen molar-refractivity contribution in [3.63, 3.8) is 0 Å². The van der Waals surface area contributed by atoms with E-state index in [9.17, 15) is 14.4 Å². The summed E-state index contributed by atoms with van der Waals surface area (Å²) in [7, 11) is 1.61. The molecule has 1 N–H and O–H groups in total. The summed E-state index contributed by atoms with van der Waals surface area (Å²) < 4.78 is 5.27. The fraction of sp³-hybridized carbons (Fsp3) is 0.423. The van der Waals surface area contributed by atoms with Crippen molar-refractivity contribution in [2.24, 2.45) is 5.92 Å². The second kappa shape index (κ2) is 10.1. The van der Waals surface area contributed by atoms with Crippen molar-refractivity contribution in [2.45, 2.75) is 45.1 Å². The summed E-state index contributed by atoms with van der Waals surface area (Å²) >= 11 is 0. The molecular formula is C26H31N3O4. The molecule has 2 heterocycles. The van der Waals surface area contributed by atoms with Crippen molar-refractivity contribution in [2.75, 3.05) is 30.4 Å². The van der Waals surface area contributed by atoms with Crippen molar-refractivity contribution in [1.82, 2.24) is 4.90 Å². The van der Waals surface area contributed by atoms with Crippen LogP contribution >= 0.6 is 0 Å². The van der Waals surface area contributed by atoms with E-state index in [1.54, 1.807) is 12.0 Å². The largest absolute Gasteiger partial charge is 0.497 e. The van der Waals surface area contributed by atoms with Gasteiger partial charge < -0.3 is 19.9 Å². The number of hydrogen-bond donors (Lipinski definition) is 1. The summed E-state index contributed by atoms with van der Waals surface area (Å²) in [5.41, 5.74) is 2.43. The molecule has 0 bridgehead atoms. The standard InChI is InChI=1S/C26H31N3O4/c1-3-4-15-29-24(31)17-22(25(29)18-7-13-21(33-2)14-8-18)26(32)27-19-9-11-20(12-10-19)28-16-5-6-23(28)30/h7-14,22,25H,3-6,15-17H2,1-2H3,(H,27,32)/t22-,25+/m0/s1. The van der Waals surface area contributed by atoms with E-state index in [-0.39, 0.29) is 30.2 Å². The second-order valence-electron chi connectivity index (χ2n) is 8.65. The monoisotopic (exact) mass is 449 g/mol. The summed E-state index contributed by atoms with van der Waals surface area (Å²) in [6.45, 7) is 3.45. The molecule has 0 radical (unpaired) electrons. The molecule has 4 rings (SSSR count). The molecule has 2 aromatic carbocycles. The van der Waals surface area contributed by atoms with Gasteiger partial charge in [-0.15, -0.1) is 0 Å². The number of unbranched alkanes of at least 4 members (excludes halogenated alkanes) is 1. The van der Waals surface area contributed by atoms with E-state index in [0.717, 1.165) is 42.8 Å². The highest BCUT2D eigenvalue weighted by Gasteiger charge is 2.44. The molecule has 0 saturated carbocycles. The smallest absolute Gasteiger partial charge is 0.230 e. The zero-order chi connectivity index (χ0) is 23.4. The van der Waals surface area contributed by atoms with Crippen molar-refractivity contribution in [1.29, 1.82) is 0 Å². The lowest BCUT2D eigenvalue weighted by molar-refractivity contribution is -0.129. The van der Waals surface area contributed by atoms with E-state index in [4.69, 9.17) is 4.74 Å². The van der Waals surface area contributed by atoms with Crippen LogP contribution < -0.4 is 15.0 Å². The number of hydrogen-bond acceptors (Lipinski definition) is 4. The van der Waals surface area contributed by atoms with Crippen LogP contribution in [0.25, 0.3) is 0 Å². The number of anilines is 2. The third-order valence-corrected chi connectivity index (χ3v) is 6.50. The van der Waals surface area contributed by atoms with Gasteiger partial charge in [-0.05, 0) is 54.8 Å². The Morgan fingerprint density at radius 1 is 1.06 bits per heavy atom. The summed E-state index contributed by atoms with van der Waals surface area (Å²) in [4.78, 5) is 41.7. The number of likely N-dealkylation sites (tertiary alicyclic amines) is 1. The summed E-state index contributed by atoms with van der Waals surface area (Å²) in [6.07, 6.45) is 3.50. The van der Waals surface area contributed by atoms with Crippen LogP contribution in [0.2, 0.25) is 0 Å². The van der Waals surface area contributed by atoms with Gasteiger partial charge in [0.15, 0.2) is 0 Å². The fourth-order valence-corrected chi connectivity index (χ4v) is 4.71. The average molecular weight is 450 g/mol. The van der Waals surface area contributed by atoms with Crippen LogP contribution in [0.4, 0.5) is 11.4 Å². The first kappa shape index (κ1) is 22.8. The van der Waals surface area contributed by atoms with E-state index in [1.165, 1.54) is 0 Å². The molecule has 2 aromatic rings. The van der Waals surface area contributed by atoms with Crippen LogP contribution in [-0.4, -0.2) is 42.8 Å². The maximum Gasteiger partial charge on any atom is 0.230 e. The Balaban J connectivity index is 1.52. The number of ether oxygens (including phenoxy) is 1. The minimum absolute atomic E-state index is 0.00677. The minimum Gasteiger partial charge on any atom is -0.497 e. The normalized spacial score (nSPS) is 20.4. The van der Waals surface area contributed by atoms with Crippen molar-refractivity contribution >= 4 is 29.1 Å². The number of nitrogens with zero attached hydrogens (tertiary/aromatic N) is 2. The molecular weight excluding hydrogens is 418 g/mol. The molecule has 2 atom stereocenters. The SMILES string of the molecule is CCCCN1C(=O)C[C@H](C(=O)Nc2ccc(N3CCCC3=O)cc2)[C@H]1c1ccc(OC)cc1. The number of carbonyl (C=O) groups is 3. The van der Waals surface area contributed by atoms with Gasteiger partial charge in [-0.3, -0.25) is 14.4 Å². The predicted molar refractivity (Wildman–Crippen MR) is 127 cm³/mol. The molecule has 7 nitrogen and oxygen atoms in total.